The zero-order chi connectivity index (χ0) is 42.8. The van der Waals surface area contributed by atoms with Gasteiger partial charge in [0.15, 0.2) is 6.10 Å². The Bertz CT molecular complexity index is 1090. The van der Waals surface area contributed by atoms with E-state index < -0.39 is 26.5 Å². The molecule has 0 saturated carbocycles. The van der Waals surface area contributed by atoms with Crippen LogP contribution in [0.5, 0.6) is 0 Å². The van der Waals surface area contributed by atoms with Gasteiger partial charge in [-0.25, -0.2) is 4.57 Å². The molecule has 0 fully saturated rings. The summed E-state index contributed by atoms with van der Waals surface area (Å²) >= 11 is 0. The summed E-state index contributed by atoms with van der Waals surface area (Å²) < 4.78 is 34.3. The highest BCUT2D eigenvalue weighted by molar-refractivity contribution is 7.47. The number of quaternary nitrogens is 1. The molecule has 0 aliphatic heterocycles. The fraction of sp³-hybridized carbons (Fsp3) is 0.833. The minimum absolute atomic E-state index is 0.0243. The SMILES string of the molecule is CCCCCC/C=C/CCCCCCCCCCCC(=O)OC[C@H](COP(=O)(O)OCC[N+](C)(C)C)OC(=O)CCC/C=C/C/C=C/CCCCCCCCCCC. The molecular formula is C48H91NO8P+. The number of allylic oxidation sites excluding steroid dienone is 6. The van der Waals surface area contributed by atoms with Gasteiger partial charge >= 0.3 is 19.8 Å². The Balaban J connectivity index is 4.37. The molecule has 0 rings (SSSR count). The summed E-state index contributed by atoms with van der Waals surface area (Å²) in [6, 6.07) is 0. The lowest BCUT2D eigenvalue weighted by Crippen LogP contribution is -2.37. The maximum absolute atomic E-state index is 12.7. The molecule has 0 heterocycles. The van der Waals surface area contributed by atoms with Gasteiger partial charge in [0.2, 0.25) is 0 Å². The van der Waals surface area contributed by atoms with Crippen LogP contribution in [0.2, 0.25) is 0 Å². The van der Waals surface area contributed by atoms with Gasteiger partial charge < -0.3 is 18.9 Å². The number of nitrogens with zero attached hydrogens (tertiary/aromatic N) is 1. The Hall–Kier alpha value is -1.77. The number of hydrogen-bond donors (Lipinski definition) is 1. The van der Waals surface area contributed by atoms with Crippen molar-refractivity contribution in [3.8, 4) is 0 Å². The monoisotopic (exact) mass is 841 g/mol. The van der Waals surface area contributed by atoms with Crippen LogP contribution >= 0.6 is 7.82 Å². The average Bonchev–Trinajstić information content (AvgIpc) is 3.17. The second-order valence-electron chi connectivity index (χ2n) is 17.1. The van der Waals surface area contributed by atoms with Gasteiger partial charge in [-0.2, -0.15) is 0 Å². The van der Waals surface area contributed by atoms with Crippen molar-refractivity contribution >= 4 is 19.8 Å². The van der Waals surface area contributed by atoms with Gasteiger partial charge in [-0.15, -0.1) is 0 Å². The van der Waals surface area contributed by atoms with Crippen molar-refractivity contribution in [3.05, 3.63) is 36.5 Å². The van der Waals surface area contributed by atoms with E-state index in [9.17, 15) is 19.0 Å². The van der Waals surface area contributed by atoms with Crippen molar-refractivity contribution in [3.63, 3.8) is 0 Å². The van der Waals surface area contributed by atoms with Gasteiger partial charge in [0, 0.05) is 12.8 Å². The molecule has 0 aromatic carbocycles. The molecule has 0 aromatic heterocycles. The first-order chi connectivity index (χ1) is 28.0. The molecule has 1 unspecified atom stereocenters. The predicted octanol–water partition coefficient (Wildman–Crippen LogP) is 13.7. The summed E-state index contributed by atoms with van der Waals surface area (Å²) in [5, 5.41) is 0. The van der Waals surface area contributed by atoms with Crippen LogP contribution in [0.25, 0.3) is 0 Å². The van der Waals surface area contributed by atoms with E-state index in [1.165, 1.54) is 135 Å². The van der Waals surface area contributed by atoms with E-state index in [-0.39, 0.29) is 32.0 Å². The second-order valence-corrected chi connectivity index (χ2v) is 18.6. The lowest BCUT2D eigenvalue weighted by Gasteiger charge is -2.24. The molecular weight excluding hydrogens is 750 g/mol. The van der Waals surface area contributed by atoms with Gasteiger partial charge in [-0.3, -0.25) is 18.6 Å². The number of rotatable bonds is 43. The molecule has 2 atom stereocenters. The van der Waals surface area contributed by atoms with Crippen LogP contribution in [0.1, 0.15) is 206 Å². The van der Waals surface area contributed by atoms with Crippen molar-refractivity contribution in [2.45, 2.75) is 213 Å². The highest BCUT2D eigenvalue weighted by Gasteiger charge is 2.27. The zero-order valence-corrected chi connectivity index (χ0v) is 39.2. The largest absolute Gasteiger partial charge is 0.472 e. The normalized spacial score (nSPS) is 13.8. The van der Waals surface area contributed by atoms with Crippen molar-refractivity contribution in [2.75, 3.05) is 47.5 Å². The van der Waals surface area contributed by atoms with E-state index in [2.05, 4.69) is 50.3 Å². The van der Waals surface area contributed by atoms with Crippen LogP contribution in [0.4, 0.5) is 0 Å². The Morgan fingerprint density at radius 2 is 0.948 bits per heavy atom. The maximum atomic E-state index is 12.7. The smallest absolute Gasteiger partial charge is 0.462 e. The van der Waals surface area contributed by atoms with E-state index in [4.69, 9.17) is 18.5 Å². The number of carbonyl (C=O) groups excluding carboxylic acids is 2. The highest BCUT2D eigenvalue weighted by atomic mass is 31.2. The molecule has 0 spiro atoms. The van der Waals surface area contributed by atoms with Gasteiger partial charge in [-0.05, 0) is 64.2 Å². The third-order valence-corrected chi connectivity index (χ3v) is 11.1. The fourth-order valence-corrected chi connectivity index (χ4v) is 7.14. The fourth-order valence-electron chi connectivity index (χ4n) is 6.40. The number of likely N-dealkylation sites (N-methyl/N-ethyl adjacent to an activating group) is 1. The maximum Gasteiger partial charge on any atom is 0.472 e. The molecule has 0 aliphatic carbocycles. The van der Waals surface area contributed by atoms with Crippen molar-refractivity contribution in [1.29, 1.82) is 0 Å². The number of phosphoric acid groups is 1. The summed E-state index contributed by atoms with van der Waals surface area (Å²) in [5.74, 6) is -0.850. The summed E-state index contributed by atoms with van der Waals surface area (Å²) in [6.45, 7) is 4.38. The number of esters is 2. The van der Waals surface area contributed by atoms with Crippen molar-refractivity contribution in [1.82, 2.24) is 0 Å². The molecule has 340 valence electrons. The van der Waals surface area contributed by atoms with Crippen LogP contribution in [-0.2, 0) is 32.7 Å². The van der Waals surface area contributed by atoms with Crippen LogP contribution in [-0.4, -0.2) is 74.9 Å². The Morgan fingerprint density at radius 3 is 1.45 bits per heavy atom. The molecule has 0 saturated heterocycles. The first-order valence-corrected chi connectivity index (χ1v) is 25.2. The third kappa shape index (κ3) is 43.8. The number of carbonyl (C=O) groups is 2. The number of hydrogen-bond acceptors (Lipinski definition) is 7. The topological polar surface area (TPSA) is 108 Å². The van der Waals surface area contributed by atoms with Crippen molar-refractivity contribution < 1.29 is 42.1 Å². The predicted molar refractivity (Wildman–Crippen MR) is 243 cm³/mol. The molecule has 58 heavy (non-hydrogen) atoms. The third-order valence-electron chi connectivity index (χ3n) is 10.1. The van der Waals surface area contributed by atoms with Gasteiger partial charge in [0.1, 0.15) is 19.8 Å². The Morgan fingerprint density at radius 1 is 0.534 bits per heavy atom. The van der Waals surface area contributed by atoms with E-state index in [0.717, 1.165) is 38.5 Å². The lowest BCUT2D eigenvalue weighted by atomic mass is 10.1. The molecule has 0 aromatic rings. The highest BCUT2D eigenvalue weighted by Crippen LogP contribution is 2.43. The minimum atomic E-state index is -4.39. The van der Waals surface area contributed by atoms with Gasteiger partial charge in [-0.1, -0.05) is 166 Å². The lowest BCUT2D eigenvalue weighted by molar-refractivity contribution is -0.870. The molecule has 10 heteroatoms. The summed E-state index contributed by atoms with van der Waals surface area (Å²) in [6.07, 6.45) is 46.3. The van der Waals surface area contributed by atoms with Crippen molar-refractivity contribution in [2.24, 2.45) is 0 Å². The minimum Gasteiger partial charge on any atom is -0.462 e. The van der Waals surface area contributed by atoms with Crippen LogP contribution in [0, 0.1) is 0 Å². The van der Waals surface area contributed by atoms with E-state index in [1.54, 1.807) is 0 Å². The number of ether oxygens (including phenoxy) is 2. The van der Waals surface area contributed by atoms with E-state index in [0.29, 0.717) is 17.4 Å². The number of phosphoric ester groups is 1. The second kappa shape index (κ2) is 40.6. The summed E-state index contributed by atoms with van der Waals surface area (Å²) in [4.78, 5) is 35.4. The molecule has 9 nitrogen and oxygen atoms in total. The zero-order valence-electron chi connectivity index (χ0n) is 38.3. The van der Waals surface area contributed by atoms with E-state index >= 15 is 0 Å². The number of unbranched alkanes of at least 4 members (excludes halogenated alkanes) is 23. The van der Waals surface area contributed by atoms with Crippen LogP contribution in [0.3, 0.4) is 0 Å². The van der Waals surface area contributed by atoms with Gasteiger partial charge in [0.05, 0.1) is 27.7 Å². The van der Waals surface area contributed by atoms with E-state index in [1.807, 2.05) is 21.1 Å². The van der Waals surface area contributed by atoms with Crippen LogP contribution in [0.15, 0.2) is 36.5 Å². The van der Waals surface area contributed by atoms with Gasteiger partial charge in [0.25, 0.3) is 0 Å². The first-order valence-electron chi connectivity index (χ1n) is 23.7. The standard InChI is InChI=1S/C48H90NO8P/c1-6-8-10-12-14-16-18-20-22-24-26-28-30-32-34-36-38-40-47(50)54-44-46(45-56-58(52,53)55-43-42-49(3,4)5)57-48(51)41-39-37-35-33-31-29-27-25-23-21-19-17-15-13-11-9-7-2/h16,18,27,29,33,35,46H,6-15,17,19-26,28,30-32,34,36-45H2,1-5H3/p+1/b18-16+,29-27+,35-33+/t46-/m1/s1. The average molecular weight is 841 g/mol. The molecule has 0 bridgehead atoms. The quantitative estimate of drug-likeness (QED) is 0.0213. The van der Waals surface area contributed by atoms with Crippen LogP contribution < -0.4 is 0 Å². The summed E-state index contributed by atoms with van der Waals surface area (Å²) in [7, 11) is 1.45. The molecule has 0 radical (unpaired) electrons. The molecule has 1 N–H and O–H groups in total. The Labute approximate surface area is 357 Å². The first kappa shape index (κ1) is 56.2. The summed E-state index contributed by atoms with van der Waals surface area (Å²) in [5.41, 5.74) is 0. The molecule has 0 amide bonds. The Kier molecular flexibility index (Phi) is 39.4. The molecule has 0 aliphatic rings.